The summed E-state index contributed by atoms with van der Waals surface area (Å²) in [6.07, 6.45) is 5.93. The van der Waals surface area contributed by atoms with Crippen molar-refractivity contribution in [3.63, 3.8) is 0 Å². The minimum Gasteiger partial charge on any atom is -0.355 e. The number of hydrogen-bond donors (Lipinski definition) is 1. The van der Waals surface area contributed by atoms with Crippen LogP contribution in [0.15, 0.2) is 60.3 Å². The Labute approximate surface area is 98.2 Å². The van der Waals surface area contributed by atoms with E-state index in [-0.39, 0.29) is 0 Å². The maximum Gasteiger partial charge on any atom is 0.0407 e. The standard InChI is InChI=1S/C15H19N/c1-5-7-13(4)15(6-2)16-14-10-8-12(3)9-11-14/h5-11,16H,2H2,1,3-4H3/b7-5-,15-13+. The van der Waals surface area contributed by atoms with Gasteiger partial charge in [0.15, 0.2) is 0 Å². The Bertz CT molecular complexity index is 408. The highest BCUT2D eigenvalue weighted by Gasteiger charge is 1.96. The molecule has 0 unspecified atom stereocenters. The monoisotopic (exact) mass is 213 g/mol. The number of hydrogen-bond acceptors (Lipinski definition) is 1. The second-order valence-electron chi connectivity index (χ2n) is 3.79. The van der Waals surface area contributed by atoms with Crippen LogP contribution in [0.3, 0.4) is 0 Å². The zero-order chi connectivity index (χ0) is 12.0. The lowest BCUT2D eigenvalue weighted by atomic mass is 10.2. The summed E-state index contributed by atoms with van der Waals surface area (Å²) in [5, 5.41) is 3.35. The van der Waals surface area contributed by atoms with Crippen molar-refractivity contribution in [2.75, 3.05) is 5.32 Å². The zero-order valence-electron chi connectivity index (χ0n) is 10.2. The number of rotatable bonds is 4. The van der Waals surface area contributed by atoms with Crippen molar-refractivity contribution in [3.8, 4) is 0 Å². The maximum atomic E-state index is 3.82. The summed E-state index contributed by atoms with van der Waals surface area (Å²) in [4.78, 5) is 0. The summed E-state index contributed by atoms with van der Waals surface area (Å²) in [5.41, 5.74) is 4.57. The van der Waals surface area contributed by atoms with Gasteiger partial charge in [-0.25, -0.2) is 0 Å². The van der Waals surface area contributed by atoms with Crippen LogP contribution < -0.4 is 5.32 Å². The van der Waals surface area contributed by atoms with Crippen LogP contribution in [0.1, 0.15) is 19.4 Å². The molecule has 0 saturated heterocycles. The van der Waals surface area contributed by atoms with E-state index in [1.807, 2.05) is 19.1 Å². The van der Waals surface area contributed by atoms with Gasteiger partial charge in [-0.1, -0.05) is 36.4 Å². The molecular formula is C15H19N. The van der Waals surface area contributed by atoms with E-state index in [1.54, 1.807) is 0 Å². The summed E-state index contributed by atoms with van der Waals surface area (Å²) in [5.74, 6) is 0. The van der Waals surface area contributed by atoms with E-state index in [0.717, 1.165) is 11.4 Å². The highest BCUT2D eigenvalue weighted by Crippen LogP contribution is 2.14. The van der Waals surface area contributed by atoms with Crippen LogP contribution in [0.4, 0.5) is 5.69 Å². The van der Waals surface area contributed by atoms with Crippen LogP contribution in [0.2, 0.25) is 0 Å². The number of benzene rings is 1. The molecule has 0 aliphatic heterocycles. The minimum absolute atomic E-state index is 1.04. The molecule has 16 heavy (non-hydrogen) atoms. The Kier molecular flexibility index (Phi) is 4.59. The van der Waals surface area contributed by atoms with E-state index in [2.05, 4.69) is 56.1 Å². The predicted octanol–water partition coefficient (Wildman–Crippen LogP) is 4.44. The molecule has 0 aromatic heterocycles. The SMILES string of the molecule is C=C/C(Nc1ccc(C)cc1)=C(C)\C=C/C. The van der Waals surface area contributed by atoms with Crippen molar-refractivity contribution in [2.24, 2.45) is 0 Å². The van der Waals surface area contributed by atoms with Crippen LogP contribution in [0, 0.1) is 6.92 Å². The molecule has 0 aliphatic carbocycles. The molecular weight excluding hydrogens is 194 g/mol. The van der Waals surface area contributed by atoms with Gasteiger partial charge in [-0.05, 0) is 44.6 Å². The molecule has 1 N–H and O–H groups in total. The molecule has 1 rings (SSSR count). The number of aryl methyl sites for hydroxylation is 1. The first-order valence-corrected chi connectivity index (χ1v) is 5.47. The number of nitrogens with one attached hydrogen (secondary N) is 1. The Morgan fingerprint density at radius 1 is 1.25 bits per heavy atom. The lowest BCUT2D eigenvalue weighted by Gasteiger charge is -2.09. The second kappa shape index (κ2) is 5.96. The zero-order valence-corrected chi connectivity index (χ0v) is 10.2. The van der Waals surface area contributed by atoms with Crippen LogP contribution in [-0.2, 0) is 0 Å². The highest BCUT2D eigenvalue weighted by molar-refractivity contribution is 5.53. The van der Waals surface area contributed by atoms with Gasteiger partial charge in [0.25, 0.3) is 0 Å². The summed E-state index contributed by atoms with van der Waals surface area (Å²) < 4.78 is 0. The molecule has 0 spiro atoms. The first-order valence-electron chi connectivity index (χ1n) is 5.47. The first-order chi connectivity index (χ1) is 7.67. The molecule has 0 amide bonds. The van der Waals surface area contributed by atoms with Gasteiger partial charge >= 0.3 is 0 Å². The van der Waals surface area contributed by atoms with Gasteiger partial charge in [-0.3, -0.25) is 0 Å². The molecule has 0 heterocycles. The lowest BCUT2D eigenvalue weighted by Crippen LogP contribution is -1.98. The fraction of sp³-hybridized carbons (Fsp3) is 0.200. The van der Waals surface area contributed by atoms with Crippen LogP contribution in [-0.4, -0.2) is 0 Å². The Hall–Kier alpha value is -1.76. The smallest absolute Gasteiger partial charge is 0.0407 e. The molecule has 0 aliphatic rings. The van der Waals surface area contributed by atoms with Gasteiger partial charge in [0.1, 0.15) is 0 Å². The average molecular weight is 213 g/mol. The number of anilines is 1. The molecule has 0 bridgehead atoms. The van der Waals surface area contributed by atoms with E-state index in [4.69, 9.17) is 0 Å². The van der Waals surface area contributed by atoms with Crippen molar-refractivity contribution in [1.29, 1.82) is 0 Å². The third kappa shape index (κ3) is 3.43. The normalized spacial score (nSPS) is 12.4. The van der Waals surface area contributed by atoms with E-state index < -0.39 is 0 Å². The van der Waals surface area contributed by atoms with Crippen LogP contribution in [0.5, 0.6) is 0 Å². The van der Waals surface area contributed by atoms with Crippen LogP contribution >= 0.6 is 0 Å². The van der Waals surface area contributed by atoms with Gasteiger partial charge in [-0.2, -0.15) is 0 Å². The molecule has 1 aromatic rings. The van der Waals surface area contributed by atoms with E-state index in [1.165, 1.54) is 11.1 Å². The largest absolute Gasteiger partial charge is 0.355 e. The molecule has 0 atom stereocenters. The molecule has 0 saturated carbocycles. The lowest BCUT2D eigenvalue weighted by molar-refractivity contribution is 1.35. The molecule has 1 nitrogen and oxygen atoms in total. The van der Waals surface area contributed by atoms with Gasteiger partial charge in [0, 0.05) is 11.4 Å². The fourth-order valence-corrected chi connectivity index (χ4v) is 1.44. The van der Waals surface area contributed by atoms with Crippen molar-refractivity contribution < 1.29 is 0 Å². The Morgan fingerprint density at radius 3 is 2.38 bits per heavy atom. The van der Waals surface area contributed by atoms with Gasteiger partial charge < -0.3 is 5.32 Å². The van der Waals surface area contributed by atoms with Crippen molar-refractivity contribution in [1.82, 2.24) is 0 Å². The summed E-state index contributed by atoms with van der Waals surface area (Å²) >= 11 is 0. The van der Waals surface area contributed by atoms with Gasteiger partial charge in [-0.15, -0.1) is 0 Å². The molecule has 1 aromatic carbocycles. The average Bonchev–Trinajstić information content (AvgIpc) is 2.28. The summed E-state index contributed by atoms with van der Waals surface area (Å²) in [6.45, 7) is 9.98. The van der Waals surface area contributed by atoms with E-state index in [0.29, 0.717) is 0 Å². The van der Waals surface area contributed by atoms with E-state index in [9.17, 15) is 0 Å². The predicted molar refractivity (Wildman–Crippen MR) is 72.5 cm³/mol. The minimum atomic E-state index is 1.04. The maximum absolute atomic E-state index is 3.82. The Balaban J connectivity index is 2.90. The highest BCUT2D eigenvalue weighted by atomic mass is 14.9. The fourth-order valence-electron chi connectivity index (χ4n) is 1.44. The van der Waals surface area contributed by atoms with Crippen molar-refractivity contribution in [2.45, 2.75) is 20.8 Å². The molecule has 0 radical (unpaired) electrons. The summed E-state index contributed by atoms with van der Waals surface area (Å²) in [6, 6.07) is 8.33. The third-order valence-corrected chi connectivity index (χ3v) is 2.38. The quantitative estimate of drug-likeness (QED) is 0.729. The summed E-state index contributed by atoms with van der Waals surface area (Å²) in [7, 11) is 0. The van der Waals surface area contributed by atoms with Crippen molar-refractivity contribution >= 4 is 5.69 Å². The van der Waals surface area contributed by atoms with Crippen molar-refractivity contribution in [3.05, 3.63) is 65.9 Å². The molecule has 0 fully saturated rings. The van der Waals surface area contributed by atoms with Gasteiger partial charge in [0.05, 0.1) is 0 Å². The third-order valence-electron chi connectivity index (χ3n) is 2.38. The first kappa shape index (κ1) is 12.3. The topological polar surface area (TPSA) is 12.0 Å². The molecule has 84 valence electrons. The van der Waals surface area contributed by atoms with Gasteiger partial charge in [0.2, 0.25) is 0 Å². The van der Waals surface area contributed by atoms with Crippen LogP contribution in [0.25, 0.3) is 0 Å². The Morgan fingerprint density at radius 2 is 1.88 bits per heavy atom. The second-order valence-corrected chi connectivity index (χ2v) is 3.79. The molecule has 1 heteroatoms. The van der Waals surface area contributed by atoms with E-state index >= 15 is 0 Å². The number of allylic oxidation sites excluding steroid dienone is 4.